The van der Waals surface area contributed by atoms with Crippen molar-refractivity contribution < 1.29 is 4.74 Å². The molecule has 26 heavy (non-hydrogen) atoms. The summed E-state index contributed by atoms with van der Waals surface area (Å²) in [6.45, 7) is 3.02. The molecule has 2 heterocycles. The highest BCUT2D eigenvalue weighted by atomic mass is 16.5. The minimum absolute atomic E-state index is 0.483. The number of ether oxygens (including phenoxy) is 1. The summed E-state index contributed by atoms with van der Waals surface area (Å²) in [5.41, 5.74) is 3.32. The summed E-state index contributed by atoms with van der Waals surface area (Å²) in [5, 5.41) is 17.0. The molecule has 130 valence electrons. The van der Waals surface area contributed by atoms with E-state index in [4.69, 9.17) is 4.74 Å². The summed E-state index contributed by atoms with van der Waals surface area (Å²) in [6.07, 6.45) is 1.66. The van der Waals surface area contributed by atoms with Crippen molar-refractivity contribution in [3.63, 3.8) is 0 Å². The van der Waals surface area contributed by atoms with Gasteiger partial charge in [-0.25, -0.2) is 4.68 Å². The zero-order valence-electron chi connectivity index (χ0n) is 14.2. The van der Waals surface area contributed by atoms with Crippen LogP contribution in [-0.4, -0.2) is 41.1 Å². The lowest BCUT2D eigenvalue weighted by atomic mass is 10.1. The number of hydrogen-bond acceptors (Lipinski definition) is 6. The van der Waals surface area contributed by atoms with Gasteiger partial charge in [0, 0.05) is 24.5 Å². The van der Waals surface area contributed by atoms with Gasteiger partial charge in [0.1, 0.15) is 6.33 Å². The molecule has 7 heteroatoms. The third-order valence-electron chi connectivity index (χ3n) is 4.19. The highest BCUT2D eigenvalue weighted by molar-refractivity contribution is 5.66. The van der Waals surface area contributed by atoms with Crippen molar-refractivity contribution in [2.24, 2.45) is 0 Å². The lowest BCUT2D eigenvalue weighted by molar-refractivity contribution is 0.122. The third-order valence-corrected chi connectivity index (χ3v) is 4.19. The molecule has 0 spiro atoms. The first kappa shape index (κ1) is 16.1. The van der Waals surface area contributed by atoms with E-state index in [0.717, 1.165) is 30.2 Å². The molecular weight excluding hydrogens is 328 g/mol. The molecule has 7 nitrogen and oxygen atoms in total. The van der Waals surface area contributed by atoms with E-state index in [1.807, 2.05) is 42.5 Å². The number of aromatic nitrogens is 3. The fraction of sp³-hybridized carbons (Fsp3) is 0.211. The normalized spacial score (nSPS) is 14.0. The zero-order valence-corrected chi connectivity index (χ0v) is 14.2. The molecule has 0 amide bonds. The maximum atomic E-state index is 9.35. The van der Waals surface area contributed by atoms with E-state index in [1.165, 1.54) is 0 Å². The van der Waals surface area contributed by atoms with Gasteiger partial charge in [0.25, 0.3) is 0 Å². The smallest absolute Gasteiger partial charge is 0.246 e. The van der Waals surface area contributed by atoms with Crippen molar-refractivity contribution >= 4 is 17.3 Å². The van der Waals surface area contributed by atoms with Crippen molar-refractivity contribution in [1.29, 1.82) is 5.26 Å². The summed E-state index contributed by atoms with van der Waals surface area (Å²) >= 11 is 0. The molecule has 1 aliphatic rings. The summed E-state index contributed by atoms with van der Waals surface area (Å²) in [7, 11) is 0. The summed E-state index contributed by atoms with van der Waals surface area (Å²) < 4.78 is 7.11. The minimum Gasteiger partial charge on any atom is -0.378 e. The predicted molar refractivity (Wildman–Crippen MR) is 98.8 cm³/mol. The number of nitrogens with one attached hydrogen (secondary N) is 1. The maximum absolute atomic E-state index is 9.35. The van der Waals surface area contributed by atoms with E-state index in [0.29, 0.717) is 24.7 Å². The van der Waals surface area contributed by atoms with E-state index >= 15 is 0 Å². The average Bonchev–Trinajstić information content (AvgIpc) is 3.17. The van der Waals surface area contributed by atoms with Crippen LogP contribution in [0.4, 0.5) is 17.3 Å². The Balaban J connectivity index is 1.58. The van der Waals surface area contributed by atoms with Crippen LogP contribution >= 0.6 is 0 Å². The molecule has 0 bridgehead atoms. The quantitative estimate of drug-likeness (QED) is 0.782. The first-order valence-electron chi connectivity index (χ1n) is 8.44. The van der Waals surface area contributed by atoms with Gasteiger partial charge in [-0.1, -0.05) is 18.2 Å². The Hall–Kier alpha value is -3.37. The number of anilines is 3. The predicted octanol–water partition coefficient (Wildman–Crippen LogP) is 2.72. The van der Waals surface area contributed by atoms with Gasteiger partial charge in [0.15, 0.2) is 0 Å². The van der Waals surface area contributed by atoms with Crippen LogP contribution in [0.1, 0.15) is 5.56 Å². The summed E-state index contributed by atoms with van der Waals surface area (Å²) in [6, 6.07) is 17.7. The van der Waals surface area contributed by atoms with Crippen LogP contribution in [0.2, 0.25) is 0 Å². The Morgan fingerprint density at radius 1 is 1.04 bits per heavy atom. The maximum Gasteiger partial charge on any atom is 0.246 e. The minimum atomic E-state index is 0.483. The highest BCUT2D eigenvalue weighted by Gasteiger charge is 2.13. The number of para-hydroxylation sites is 1. The van der Waals surface area contributed by atoms with Gasteiger partial charge in [0.2, 0.25) is 5.95 Å². The molecule has 1 aliphatic heterocycles. The first-order valence-corrected chi connectivity index (χ1v) is 8.44. The van der Waals surface area contributed by atoms with Crippen molar-refractivity contribution in [3.8, 4) is 11.8 Å². The zero-order chi connectivity index (χ0) is 17.8. The lowest BCUT2D eigenvalue weighted by Crippen LogP contribution is -2.36. The monoisotopic (exact) mass is 346 g/mol. The Labute approximate surface area is 151 Å². The molecule has 1 aromatic heterocycles. The van der Waals surface area contributed by atoms with E-state index in [-0.39, 0.29) is 0 Å². The van der Waals surface area contributed by atoms with Crippen LogP contribution in [0, 0.1) is 11.3 Å². The second kappa shape index (κ2) is 7.25. The summed E-state index contributed by atoms with van der Waals surface area (Å²) in [5.74, 6) is 0.483. The fourth-order valence-corrected chi connectivity index (χ4v) is 2.91. The highest BCUT2D eigenvalue weighted by Crippen LogP contribution is 2.25. The molecule has 1 saturated heterocycles. The van der Waals surface area contributed by atoms with Gasteiger partial charge >= 0.3 is 0 Å². The largest absolute Gasteiger partial charge is 0.378 e. The molecule has 1 fully saturated rings. The van der Waals surface area contributed by atoms with Crippen LogP contribution in [0.15, 0.2) is 54.9 Å². The van der Waals surface area contributed by atoms with Crippen LogP contribution in [0.3, 0.4) is 0 Å². The van der Waals surface area contributed by atoms with Gasteiger partial charge in [-0.05, 0) is 30.3 Å². The van der Waals surface area contributed by atoms with Gasteiger partial charge < -0.3 is 15.0 Å². The van der Waals surface area contributed by atoms with E-state index in [9.17, 15) is 5.26 Å². The molecular formula is C19H18N6O. The molecule has 2 aromatic carbocycles. The van der Waals surface area contributed by atoms with Gasteiger partial charge in [-0.3, -0.25) is 0 Å². The van der Waals surface area contributed by atoms with Crippen molar-refractivity contribution in [3.05, 3.63) is 60.4 Å². The number of hydrogen-bond donors (Lipinski definition) is 1. The topological polar surface area (TPSA) is 79.0 Å². The van der Waals surface area contributed by atoms with Crippen molar-refractivity contribution in [2.75, 3.05) is 36.5 Å². The van der Waals surface area contributed by atoms with Gasteiger partial charge in [-0.2, -0.15) is 10.2 Å². The second-order valence-corrected chi connectivity index (χ2v) is 5.95. The number of nitrogens with zero attached hydrogens (tertiary/aromatic N) is 5. The number of rotatable bonds is 4. The Morgan fingerprint density at radius 3 is 2.62 bits per heavy atom. The fourth-order valence-electron chi connectivity index (χ4n) is 2.91. The number of morpholine rings is 1. The van der Waals surface area contributed by atoms with Crippen molar-refractivity contribution in [1.82, 2.24) is 14.8 Å². The van der Waals surface area contributed by atoms with Crippen molar-refractivity contribution in [2.45, 2.75) is 0 Å². The van der Waals surface area contributed by atoms with E-state index < -0.39 is 0 Å². The molecule has 0 atom stereocenters. The van der Waals surface area contributed by atoms with Gasteiger partial charge in [-0.15, -0.1) is 5.10 Å². The molecule has 1 N–H and O–H groups in total. The molecule has 3 aromatic rings. The second-order valence-electron chi connectivity index (χ2n) is 5.95. The standard InChI is InChI=1S/C19H18N6O/c20-13-15-10-16(12-18(11-15)24-6-8-26-9-7-24)22-19-21-14-25(23-19)17-4-2-1-3-5-17/h1-5,10-12,14H,6-9H2,(H,22,23). The Kier molecular flexibility index (Phi) is 4.50. The Bertz CT molecular complexity index is 925. The number of nitriles is 1. The molecule has 0 unspecified atom stereocenters. The van der Waals surface area contributed by atoms with Crippen LogP contribution in [0.25, 0.3) is 5.69 Å². The average molecular weight is 346 g/mol. The molecule has 0 aliphatic carbocycles. The van der Waals surface area contributed by atoms with E-state index in [1.54, 1.807) is 17.1 Å². The third kappa shape index (κ3) is 3.50. The van der Waals surface area contributed by atoms with Crippen LogP contribution < -0.4 is 10.2 Å². The molecule has 0 saturated carbocycles. The SMILES string of the molecule is N#Cc1cc(Nc2ncn(-c3ccccc3)n2)cc(N2CCOCC2)c1. The lowest BCUT2D eigenvalue weighted by Gasteiger charge is -2.29. The van der Waals surface area contributed by atoms with Crippen LogP contribution in [0.5, 0.6) is 0 Å². The van der Waals surface area contributed by atoms with Gasteiger partial charge in [0.05, 0.1) is 30.5 Å². The summed E-state index contributed by atoms with van der Waals surface area (Å²) in [4.78, 5) is 6.52. The number of benzene rings is 2. The molecule has 4 rings (SSSR count). The van der Waals surface area contributed by atoms with E-state index in [2.05, 4.69) is 26.4 Å². The first-order chi connectivity index (χ1) is 12.8. The molecule has 0 radical (unpaired) electrons. The van der Waals surface area contributed by atoms with Crippen LogP contribution in [-0.2, 0) is 4.74 Å². The Morgan fingerprint density at radius 2 is 1.85 bits per heavy atom.